The van der Waals surface area contributed by atoms with E-state index in [9.17, 15) is 24.0 Å². The molecule has 5 rings (SSSR count). The first-order chi connectivity index (χ1) is 17.8. The van der Waals surface area contributed by atoms with E-state index in [2.05, 4.69) is 10.6 Å². The number of benzene rings is 2. The topological polar surface area (TPSA) is 124 Å². The van der Waals surface area contributed by atoms with Gasteiger partial charge in [-0.3, -0.25) is 29.1 Å². The number of nitrogens with one attached hydrogen (secondary N) is 2. The van der Waals surface area contributed by atoms with E-state index < -0.39 is 34.9 Å². The molecule has 12 heteroatoms. The smallest absolute Gasteiger partial charge is 0.338 e. The van der Waals surface area contributed by atoms with Crippen LogP contribution in [0, 0.1) is 5.92 Å². The fraction of sp³-hybridized carbons (Fsp3) is 0.240. The maximum Gasteiger partial charge on any atom is 0.338 e. The van der Waals surface area contributed by atoms with Crippen molar-refractivity contribution in [2.45, 2.75) is 29.7 Å². The predicted molar refractivity (Wildman–Crippen MR) is 139 cm³/mol. The van der Waals surface area contributed by atoms with Gasteiger partial charge in [-0.1, -0.05) is 46.8 Å². The average molecular weight is 558 g/mol. The van der Waals surface area contributed by atoms with Crippen LogP contribution in [0.15, 0.2) is 58.4 Å². The van der Waals surface area contributed by atoms with Crippen LogP contribution in [-0.2, 0) is 25.7 Å². The molecule has 0 bridgehead atoms. The number of carbonyl (C=O) groups is 4. The van der Waals surface area contributed by atoms with Crippen molar-refractivity contribution in [1.82, 2.24) is 9.88 Å². The van der Waals surface area contributed by atoms with Crippen molar-refractivity contribution in [3.05, 3.63) is 79.2 Å². The van der Waals surface area contributed by atoms with Crippen LogP contribution in [0.3, 0.4) is 0 Å². The van der Waals surface area contributed by atoms with Gasteiger partial charge in [0.25, 0.3) is 0 Å². The highest BCUT2D eigenvalue weighted by atomic mass is 35.5. The molecule has 0 spiro atoms. The molecule has 2 aliphatic rings. The zero-order chi connectivity index (χ0) is 26.3. The highest BCUT2D eigenvalue weighted by Gasteiger charge is 2.52. The van der Waals surface area contributed by atoms with E-state index in [1.54, 1.807) is 43.3 Å². The molecule has 37 heavy (non-hydrogen) atoms. The summed E-state index contributed by atoms with van der Waals surface area (Å²) in [6.45, 7) is 1.69. The van der Waals surface area contributed by atoms with Crippen LogP contribution in [0.4, 0.5) is 5.69 Å². The van der Waals surface area contributed by atoms with Gasteiger partial charge < -0.3 is 10.1 Å². The zero-order valence-corrected chi connectivity index (χ0v) is 21.7. The van der Waals surface area contributed by atoms with E-state index in [4.69, 9.17) is 16.3 Å². The average Bonchev–Trinajstić information content (AvgIpc) is 3.33. The lowest BCUT2D eigenvalue weighted by atomic mass is 9.83. The SMILES string of the molecule is CCOC(=O)c1ccc(NC(=O)Cn2c3c(sc2=O)[C@@H](c2ccc(Cl)cc2)[C@H]2C(=O)NC(=O)[C@H]2S3)cc1. The molecule has 1 fully saturated rings. The Balaban J connectivity index is 1.43. The summed E-state index contributed by atoms with van der Waals surface area (Å²) in [4.78, 5) is 63.3. The number of imide groups is 1. The monoisotopic (exact) mass is 557 g/mol. The molecule has 2 aliphatic heterocycles. The van der Waals surface area contributed by atoms with Gasteiger partial charge in [0.1, 0.15) is 11.8 Å². The Bertz CT molecular complexity index is 1470. The number of esters is 1. The molecule has 2 aromatic carbocycles. The fourth-order valence-corrected chi connectivity index (χ4v) is 7.32. The normalized spacial score (nSPS) is 20.1. The molecule has 3 atom stereocenters. The molecule has 3 amide bonds. The van der Waals surface area contributed by atoms with Crippen molar-refractivity contribution in [3.63, 3.8) is 0 Å². The molecule has 3 aromatic rings. The summed E-state index contributed by atoms with van der Waals surface area (Å²) in [5.41, 5.74) is 1.56. The number of halogens is 1. The molecule has 1 aromatic heterocycles. The third kappa shape index (κ3) is 4.81. The number of nitrogens with zero attached hydrogens (tertiary/aromatic N) is 1. The minimum atomic E-state index is -0.723. The molecule has 0 saturated carbocycles. The Kier molecular flexibility index (Phi) is 6.93. The van der Waals surface area contributed by atoms with Gasteiger partial charge in [-0.2, -0.15) is 0 Å². The number of anilines is 1. The number of thioether (sulfide) groups is 1. The summed E-state index contributed by atoms with van der Waals surface area (Å²) < 4.78 is 6.29. The molecule has 190 valence electrons. The second-order valence-corrected chi connectivity index (χ2v) is 11.0. The summed E-state index contributed by atoms with van der Waals surface area (Å²) in [6.07, 6.45) is 0. The van der Waals surface area contributed by atoms with Crippen LogP contribution in [0.1, 0.15) is 33.6 Å². The van der Waals surface area contributed by atoms with E-state index in [0.717, 1.165) is 28.7 Å². The Morgan fingerprint density at radius 3 is 2.43 bits per heavy atom. The zero-order valence-electron chi connectivity index (χ0n) is 19.4. The predicted octanol–water partition coefficient (Wildman–Crippen LogP) is 3.26. The van der Waals surface area contributed by atoms with Crippen LogP contribution in [0.2, 0.25) is 5.02 Å². The number of thiazole rings is 1. The molecule has 0 unspecified atom stereocenters. The second-order valence-electron chi connectivity index (χ2n) is 8.42. The maximum absolute atomic E-state index is 13.0. The van der Waals surface area contributed by atoms with Gasteiger partial charge >= 0.3 is 10.8 Å². The number of hydrogen-bond acceptors (Lipinski definition) is 8. The highest BCUT2D eigenvalue weighted by molar-refractivity contribution is 8.00. The number of carbonyl (C=O) groups excluding carboxylic acids is 4. The van der Waals surface area contributed by atoms with Gasteiger partial charge in [-0.05, 0) is 48.9 Å². The van der Waals surface area contributed by atoms with Gasteiger partial charge in [0, 0.05) is 21.5 Å². The van der Waals surface area contributed by atoms with Gasteiger partial charge in [0.15, 0.2) is 0 Å². The molecule has 1 saturated heterocycles. The molecule has 0 radical (unpaired) electrons. The number of aromatic nitrogens is 1. The minimum absolute atomic E-state index is 0.255. The van der Waals surface area contributed by atoms with E-state index in [0.29, 0.717) is 26.2 Å². The van der Waals surface area contributed by atoms with Crippen LogP contribution in [-0.4, -0.2) is 40.1 Å². The third-order valence-corrected chi connectivity index (χ3v) is 8.97. The van der Waals surface area contributed by atoms with Crippen molar-refractivity contribution in [2.24, 2.45) is 5.92 Å². The third-order valence-electron chi connectivity index (χ3n) is 6.10. The van der Waals surface area contributed by atoms with Crippen molar-refractivity contribution in [2.75, 3.05) is 11.9 Å². The van der Waals surface area contributed by atoms with Gasteiger partial charge in [0.05, 0.1) is 23.1 Å². The maximum atomic E-state index is 13.0. The molecule has 2 N–H and O–H groups in total. The number of hydrogen-bond donors (Lipinski definition) is 2. The van der Waals surface area contributed by atoms with Gasteiger partial charge in [0.2, 0.25) is 17.7 Å². The lowest BCUT2D eigenvalue weighted by molar-refractivity contribution is -0.126. The summed E-state index contributed by atoms with van der Waals surface area (Å²) >= 11 is 8.14. The minimum Gasteiger partial charge on any atom is -0.462 e. The van der Waals surface area contributed by atoms with Gasteiger partial charge in [-0.25, -0.2) is 4.79 Å². The Hall–Kier alpha value is -3.41. The summed E-state index contributed by atoms with van der Waals surface area (Å²) in [5, 5.41) is 5.42. The van der Waals surface area contributed by atoms with E-state index in [1.807, 2.05) is 0 Å². The molecule has 0 aliphatic carbocycles. The number of ether oxygens (including phenoxy) is 1. The van der Waals surface area contributed by atoms with Crippen LogP contribution < -0.4 is 15.5 Å². The van der Waals surface area contributed by atoms with Crippen molar-refractivity contribution < 1.29 is 23.9 Å². The summed E-state index contributed by atoms with van der Waals surface area (Å²) in [7, 11) is 0. The summed E-state index contributed by atoms with van der Waals surface area (Å²) in [6, 6.07) is 13.2. The summed E-state index contributed by atoms with van der Waals surface area (Å²) in [5.74, 6) is -2.92. The van der Waals surface area contributed by atoms with Gasteiger partial charge in [-0.15, -0.1) is 0 Å². The second kappa shape index (κ2) is 10.2. The van der Waals surface area contributed by atoms with E-state index in [-0.39, 0.29) is 23.9 Å². The van der Waals surface area contributed by atoms with Crippen molar-refractivity contribution >= 4 is 64.1 Å². The number of amides is 3. The molecule has 9 nitrogen and oxygen atoms in total. The first-order valence-corrected chi connectivity index (χ1v) is 13.4. The lowest BCUT2D eigenvalue weighted by Crippen LogP contribution is -2.32. The Morgan fingerprint density at radius 2 is 1.76 bits per heavy atom. The van der Waals surface area contributed by atoms with Crippen LogP contribution in [0.25, 0.3) is 0 Å². The Labute approximate surface area is 224 Å². The quantitative estimate of drug-likeness (QED) is 0.352. The number of rotatable bonds is 6. The largest absolute Gasteiger partial charge is 0.462 e. The van der Waals surface area contributed by atoms with Crippen LogP contribution >= 0.6 is 34.7 Å². The lowest BCUT2D eigenvalue weighted by Gasteiger charge is -2.30. The van der Waals surface area contributed by atoms with Crippen LogP contribution in [0.5, 0.6) is 0 Å². The number of fused-ring (bicyclic) bond motifs is 2. The first kappa shape index (κ1) is 25.2. The van der Waals surface area contributed by atoms with E-state index >= 15 is 0 Å². The van der Waals surface area contributed by atoms with Crippen molar-refractivity contribution in [3.8, 4) is 0 Å². The molecular formula is C25H20ClN3O6S2. The highest BCUT2D eigenvalue weighted by Crippen LogP contribution is 2.51. The Morgan fingerprint density at radius 1 is 1.05 bits per heavy atom. The standard InChI is InChI=1S/C25H20ClN3O6S2/c1-2-35-24(33)13-5-9-15(10-6-13)27-16(30)11-29-23-20(37-25(29)34)17(12-3-7-14(26)8-4-12)18-19(36-23)22(32)28-21(18)31/h3-10,17-19H,2,11H2,1H3,(H,27,30)(H,28,31,32)/t17-,18+,19-/m0/s1. The fourth-order valence-electron chi connectivity index (χ4n) is 4.45. The molecule has 3 heterocycles. The van der Waals surface area contributed by atoms with E-state index in [1.165, 1.54) is 16.7 Å². The molecular weight excluding hydrogens is 538 g/mol. The first-order valence-electron chi connectivity index (χ1n) is 11.3. The van der Waals surface area contributed by atoms with Crippen molar-refractivity contribution in [1.29, 1.82) is 0 Å².